The lowest BCUT2D eigenvalue weighted by Gasteiger charge is -2.35. The van der Waals surface area contributed by atoms with Crippen molar-refractivity contribution in [2.24, 2.45) is 0 Å². The first kappa shape index (κ1) is 21.6. The quantitative estimate of drug-likeness (QED) is 0.598. The van der Waals surface area contributed by atoms with Crippen LogP contribution in [0.1, 0.15) is 0 Å². The molecule has 0 bridgehead atoms. The Labute approximate surface area is 175 Å². The number of carbonyl (C=O) groups is 1. The molecular weight excluding hydrogens is 418 g/mol. The van der Waals surface area contributed by atoms with Gasteiger partial charge in [-0.25, -0.2) is 9.52 Å². The summed E-state index contributed by atoms with van der Waals surface area (Å²) >= 11 is 4.92. The Bertz CT molecular complexity index is 840. The molecule has 0 aromatic heterocycles. The van der Waals surface area contributed by atoms with Gasteiger partial charge in [-0.1, -0.05) is 0 Å². The molecular formula is C17H25N5O5S2. The van der Waals surface area contributed by atoms with E-state index in [-0.39, 0.29) is 11.3 Å². The summed E-state index contributed by atoms with van der Waals surface area (Å²) in [7, 11) is -0.502. The van der Waals surface area contributed by atoms with Crippen molar-refractivity contribution < 1.29 is 22.7 Å². The zero-order chi connectivity index (χ0) is 21.0. The Morgan fingerprint density at radius 3 is 2.41 bits per heavy atom. The third-order valence-electron chi connectivity index (χ3n) is 4.90. The minimum atomic E-state index is -3.39. The van der Waals surface area contributed by atoms with Gasteiger partial charge >= 0.3 is 6.09 Å². The van der Waals surface area contributed by atoms with Gasteiger partial charge in [0.2, 0.25) is 0 Å². The molecule has 1 unspecified atom stereocenters. The van der Waals surface area contributed by atoms with E-state index in [9.17, 15) is 13.2 Å². The van der Waals surface area contributed by atoms with Crippen LogP contribution in [0.15, 0.2) is 24.3 Å². The van der Waals surface area contributed by atoms with Gasteiger partial charge in [-0.15, -0.1) is 0 Å². The van der Waals surface area contributed by atoms with Crippen LogP contribution in [0.4, 0.5) is 16.2 Å². The van der Waals surface area contributed by atoms with Crippen molar-refractivity contribution >= 4 is 45.1 Å². The maximum atomic E-state index is 12.2. The van der Waals surface area contributed by atoms with Crippen molar-refractivity contribution in [2.45, 2.75) is 6.10 Å². The van der Waals surface area contributed by atoms with E-state index in [1.54, 1.807) is 4.90 Å². The Morgan fingerprint density at radius 2 is 1.83 bits per heavy atom. The number of carbonyl (C=O) groups excluding carboxylic acids is 1. The maximum Gasteiger partial charge on any atom is 0.414 e. The molecule has 2 heterocycles. The van der Waals surface area contributed by atoms with Crippen LogP contribution in [0.3, 0.4) is 0 Å². The fourth-order valence-electron chi connectivity index (χ4n) is 3.27. The molecule has 0 radical (unpaired) electrons. The Hall–Kier alpha value is -2.15. The number of nitrogens with zero attached hydrogens (tertiary/aromatic N) is 3. The molecule has 2 N–H and O–H groups in total. The Morgan fingerprint density at radius 1 is 1.21 bits per heavy atom. The maximum absolute atomic E-state index is 12.2. The first-order valence-electron chi connectivity index (χ1n) is 9.17. The van der Waals surface area contributed by atoms with E-state index in [1.165, 1.54) is 18.5 Å². The third kappa shape index (κ3) is 5.07. The van der Waals surface area contributed by atoms with Crippen molar-refractivity contribution in [1.29, 1.82) is 0 Å². The Balaban J connectivity index is 1.57. The lowest BCUT2D eigenvalue weighted by atomic mass is 10.2. The van der Waals surface area contributed by atoms with E-state index in [4.69, 9.17) is 21.7 Å². The number of ether oxygens (including phenoxy) is 2. The number of hydrogen-bond donors (Lipinski definition) is 2. The fraction of sp³-hybridized carbons (Fsp3) is 0.529. The molecule has 1 atom stereocenters. The van der Waals surface area contributed by atoms with Crippen LogP contribution in [-0.2, 0) is 19.7 Å². The molecule has 2 aliphatic heterocycles. The summed E-state index contributed by atoms with van der Waals surface area (Å²) in [6.07, 6.45) is -0.726. The monoisotopic (exact) mass is 443 g/mol. The summed E-state index contributed by atoms with van der Waals surface area (Å²) < 4.78 is 37.8. The number of amides is 1. The number of piperazine rings is 1. The summed E-state index contributed by atoms with van der Waals surface area (Å²) in [5.41, 5.74) is 1.72. The van der Waals surface area contributed by atoms with Gasteiger partial charge in [-0.2, -0.15) is 12.7 Å². The molecule has 1 aromatic rings. The van der Waals surface area contributed by atoms with Crippen molar-refractivity contribution in [1.82, 2.24) is 14.3 Å². The summed E-state index contributed by atoms with van der Waals surface area (Å²) in [5.74, 6) is 0. The summed E-state index contributed by atoms with van der Waals surface area (Å²) in [6, 6.07) is 7.58. The van der Waals surface area contributed by atoms with Gasteiger partial charge in [0.1, 0.15) is 6.10 Å². The lowest BCUT2D eigenvalue weighted by molar-refractivity contribution is 0.142. The van der Waals surface area contributed by atoms with Crippen molar-refractivity contribution in [2.75, 3.05) is 63.2 Å². The van der Waals surface area contributed by atoms with Crippen LogP contribution in [0.5, 0.6) is 0 Å². The van der Waals surface area contributed by atoms with E-state index >= 15 is 0 Å². The van der Waals surface area contributed by atoms with Crippen LogP contribution < -0.4 is 19.8 Å². The smallest absolute Gasteiger partial charge is 0.414 e. The zero-order valence-electron chi connectivity index (χ0n) is 16.3. The number of nitrogens with one attached hydrogen (secondary N) is 2. The van der Waals surface area contributed by atoms with Crippen molar-refractivity contribution in [3.05, 3.63) is 24.3 Å². The molecule has 3 rings (SSSR count). The molecule has 0 spiro atoms. The minimum Gasteiger partial charge on any atom is -0.474 e. The van der Waals surface area contributed by atoms with E-state index in [2.05, 4.69) is 14.9 Å². The number of benzene rings is 1. The number of methoxy groups -OCH3 is 1. The highest BCUT2D eigenvalue weighted by Gasteiger charge is 2.32. The summed E-state index contributed by atoms with van der Waals surface area (Å²) in [4.78, 5) is 15.9. The lowest BCUT2D eigenvalue weighted by Crippen LogP contribution is -2.51. The molecule has 1 amide bonds. The number of cyclic esters (lactones) is 1. The largest absolute Gasteiger partial charge is 0.474 e. The van der Waals surface area contributed by atoms with Gasteiger partial charge in [-0.3, -0.25) is 4.90 Å². The first-order valence-corrected chi connectivity index (χ1v) is 11.0. The van der Waals surface area contributed by atoms with E-state index in [0.29, 0.717) is 39.3 Å². The van der Waals surface area contributed by atoms with Crippen molar-refractivity contribution in [3.8, 4) is 0 Å². The highest BCUT2D eigenvalue weighted by Crippen LogP contribution is 2.25. The van der Waals surface area contributed by atoms with Gasteiger partial charge in [0.05, 0.1) is 20.2 Å². The topological polar surface area (TPSA) is 103 Å². The van der Waals surface area contributed by atoms with Gasteiger partial charge in [0.15, 0.2) is 0 Å². The second-order valence-corrected chi connectivity index (χ2v) is 8.85. The third-order valence-corrected chi connectivity index (χ3v) is 6.77. The number of rotatable bonds is 6. The van der Waals surface area contributed by atoms with Gasteiger partial charge < -0.3 is 19.7 Å². The fourth-order valence-corrected chi connectivity index (χ4v) is 4.25. The molecule has 1 aromatic carbocycles. The Kier molecular flexibility index (Phi) is 6.77. The van der Waals surface area contributed by atoms with Crippen molar-refractivity contribution in [3.63, 3.8) is 0 Å². The van der Waals surface area contributed by atoms with Crippen LogP contribution in [0, 0.1) is 0 Å². The average molecular weight is 444 g/mol. The van der Waals surface area contributed by atoms with Gasteiger partial charge in [0, 0.05) is 44.6 Å². The van der Waals surface area contributed by atoms with E-state index < -0.39 is 16.3 Å². The second-order valence-electron chi connectivity index (χ2n) is 6.60. The molecule has 0 saturated carbocycles. The highest BCUT2D eigenvalue weighted by atomic mass is 32.2. The predicted octanol–water partition coefficient (Wildman–Crippen LogP) is 0.119. The average Bonchev–Trinajstić information content (AvgIpc) is 3.12. The van der Waals surface area contributed by atoms with Gasteiger partial charge in [0.25, 0.3) is 15.4 Å². The van der Waals surface area contributed by atoms with E-state index in [0.717, 1.165) is 11.4 Å². The molecule has 29 heavy (non-hydrogen) atoms. The van der Waals surface area contributed by atoms with Crippen LogP contribution in [0.2, 0.25) is 0 Å². The number of thiocarbonyl (C=S) groups is 1. The highest BCUT2D eigenvalue weighted by molar-refractivity contribution is 7.87. The number of anilines is 2. The van der Waals surface area contributed by atoms with Gasteiger partial charge in [-0.05, 0) is 36.5 Å². The predicted molar refractivity (Wildman–Crippen MR) is 113 cm³/mol. The summed E-state index contributed by atoms with van der Waals surface area (Å²) in [5, 5.41) is 3.14. The van der Waals surface area contributed by atoms with Crippen LogP contribution in [-0.4, -0.2) is 83.5 Å². The minimum absolute atomic E-state index is 0.256. The number of hydrogen-bond acceptors (Lipinski definition) is 7. The zero-order valence-corrected chi connectivity index (χ0v) is 18.0. The molecule has 0 aliphatic carbocycles. The van der Waals surface area contributed by atoms with Crippen LogP contribution in [0.25, 0.3) is 0 Å². The molecule has 12 heteroatoms. The molecule has 160 valence electrons. The molecule has 2 aliphatic rings. The molecule has 10 nitrogen and oxygen atoms in total. The van der Waals surface area contributed by atoms with E-state index in [1.807, 2.05) is 24.3 Å². The SMILES string of the molecule is CNS(=O)(=O)N1CCN(c2ccc(N3CC(CNC(=S)OC)OC3=O)cc2)CC1. The molecule has 2 fully saturated rings. The normalized spacial score (nSPS) is 20.5. The first-order chi connectivity index (χ1) is 13.8. The van der Waals surface area contributed by atoms with Crippen LogP contribution >= 0.6 is 12.2 Å². The standard InChI is InChI=1S/C17H25N5O5S2/c1-18-29(24,25)21-9-7-20(8-10-21)13-3-5-14(6-4-13)22-12-15(27-17(22)23)11-19-16(28)26-2/h3-6,15,18H,7-12H2,1-2H3,(H,19,28). The summed E-state index contributed by atoms with van der Waals surface area (Å²) in [6.45, 7) is 2.83. The second kappa shape index (κ2) is 9.11. The molecule has 2 saturated heterocycles.